The largest absolute Gasteiger partial charge is 0.307 e. The van der Waals surface area contributed by atoms with Crippen LogP contribution < -0.4 is 5.32 Å². The number of aromatic nitrogens is 2. The highest BCUT2D eigenvalue weighted by Gasteiger charge is 2.17. The first-order valence-electron chi connectivity index (χ1n) is 5.93. The van der Waals surface area contributed by atoms with Crippen molar-refractivity contribution in [1.29, 1.82) is 0 Å². The van der Waals surface area contributed by atoms with Gasteiger partial charge in [-0.05, 0) is 30.6 Å². The molecule has 1 N–H and O–H groups in total. The van der Waals surface area contributed by atoms with Crippen LogP contribution in [0.15, 0.2) is 42.6 Å². The molecule has 0 aliphatic rings. The lowest BCUT2D eigenvalue weighted by molar-refractivity contribution is 0.613. The van der Waals surface area contributed by atoms with Crippen LogP contribution in [0, 0.1) is 0 Å². The molecule has 0 saturated heterocycles. The molecule has 0 amide bonds. The van der Waals surface area contributed by atoms with Gasteiger partial charge in [0, 0.05) is 22.8 Å². The average molecular weight is 257 g/mol. The first-order valence-corrected chi connectivity index (χ1v) is 6.75. The van der Waals surface area contributed by atoms with Gasteiger partial charge >= 0.3 is 0 Å². The molecule has 2 heterocycles. The second-order valence-electron chi connectivity index (χ2n) is 4.29. The van der Waals surface area contributed by atoms with Gasteiger partial charge in [0.2, 0.25) is 0 Å². The Morgan fingerprint density at radius 3 is 2.78 bits per heavy atom. The maximum Gasteiger partial charge on any atom is 0.0839 e. The van der Waals surface area contributed by atoms with Crippen LogP contribution in [0.2, 0.25) is 0 Å². The summed E-state index contributed by atoms with van der Waals surface area (Å²) in [5, 5.41) is 8.92. The number of aryl methyl sites for hydroxylation is 1. The molecule has 0 bridgehead atoms. The zero-order valence-electron chi connectivity index (χ0n) is 10.4. The Balaban J connectivity index is 2.09. The average Bonchev–Trinajstić information content (AvgIpc) is 2.97. The molecule has 0 saturated carbocycles. The smallest absolute Gasteiger partial charge is 0.0839 e. The number of hydrogen-bond donors (Lipinski definition) is 1. The topological polar surface area (TPSA) is 29.9 Å². The van der Waals surface area contributed by atoms with E-state index in [1.165, 1.54) is 20.7 Å². The zero-order chi connectivity index (χ0) is 12.5. The summed E-state index contributed by atoms with van der Waals surface area (Å²) in [6, 6.07) is 13.0. The molecule has 0 aliphatic carbocycles. The van der Waals surface area contributed by atoms with Crippen LogP contribution in [0.4, 0.5) is 0 Å². The molecular weight excluding hydrogens is 242 g/mol. The molecule has 1 aromatic carbocycles. The van der Waals surface area contributed by atoms with Gasteiger partial charge in [0.25, 0.3) is 0 Å². The van der Waals surface area contributed by atoms with Crippen LogP contribution in [0.5, 0.6) is 0 Å². The summed E-state index contributed by atoms with van der Waals surface area (Å²) in [6.45, 7) is 0. The second-order valence-corrected chi connectivity index (χ2v) is 5.40. The number of thiophene rings is 1. The molecule has 2 aromatic heterocycles. The van der Waals surface area contributed by atoms with Crippen molar-refractivity contribution in [3.05, 3.63) is 53.2 Å². The van der Waals surface area contributed by atoms with E-state index < -0.39 is 0 Å². The minimum Gasteiger partial charge on any atom is -0.307 e. The minimum absolute atomic E-state index is 0.204. The molecule has 0 spiro atoms. The lowest BCUT2D eigenvalue weighted by Crippen LogP contribution is -2.19. The third kappa shape index (κ3) is 1.83. The number of hydrogen-bond acceptors (Lipinski definition) is 3. The zero-order valence-corrected chi connectivity index (χ0v) is 11.2. The molecular formula is C14H15N3S. The molecule has 4 heteroatoms. The van der Waals surface area contributed by atoms with Crippen molar-refractivity contribution in [2.24, 2.45) is 7.05 Å². The maximum absolute atomic E-state index is 4.25. The van der Waals surface area contributed by atoms with Crippen molar-refractivity contribution in [2.75, 3.05) is 7.05 Å². The SMILES string of the molecule is CNC(c1cc2ccccc2s1)c1ccnn1C. The molecule has 3 nitrogen and oxygen atoms in total. The monoisotopic (exact) mass is 257 g/mol. The van der Waals surface area contributed by atoms with Crippen LogP contribution >= 0.6 is 11.3 Å². The van der Waals surface area contributed by atoms with E-state index in [2.05, 4.69) is 46.8 Å². The Hall–Kier alpha value is -1.65. The second kappa shape index (κ2) is 4.55. The van der Waals surface area contributed by atoms with E-state index in [0.717, 1.165) is 0 Å². The van der Waals surface area contributed by atoms with Crippen molar-refractivity contribution < 1.29 is 0 Å². The minimum atomic E-state index is 0.204. The van der Waals surface area contributed by atoms with Crippen molar-refractivity contribution in [1.82, 2.24) is 15.1 Å². The number of nitrogens with one attached hydrogen (secondary N) is 1. The molecule has 1 atom stereocenters. The van der Waals surface area contributed by atoms with Crippen LogP contribution in [0.25, 0.3) is 10.1 Å². The van der Waals surface area contributed by atoms with Gasteiger partial charge in [0.05, 0.1) is 11.7 Å². The molecule has 3 rings (SSSR count). The normalized spacial score (nSPS) is 13.0. The van der Waals surface area contributed by atoms with Crippen molar-refractivity contribution >= 4 is 21.4 Å². The van der Waals surface area contributed by atoms with Crippen LogP contribution in [0.3, 0.4) is 0 Å². The Bertz CT molecular complexity index is 635. The molecule has 92 valence electrons. The summed E-state index contributed by atoms with van der Waals surface area (Å²) < 4.78 is 3.25. The van der Waals surface area contributed by atoms with E-state index in [4.69, 9.17) is 0 Å². The molecule has 0 fully saturated rings. The highest BCUT2D eigenvalue weighted by Crippen LogP contribution is 2.32. The van der Waals surface area contributed by atoms with Gasteiger partial charge in [0.15, 0.2) is 0 Å². The van der Waals surface area contributed by atoms with Crippen molar-refractivity contribution in [3.8, 4) is 0 Å². The van der Waals surface area contributed by atoms with E-state index in [0.29, 0.717) is 0 Å². The molecule has 18 heavy (non-hydrogen) atoms. The number of rotatable bonds is 3. The first kappa shape index (κ1) is 11.4. The quantitative estimate of drug-likeness (QED) is 0.782. The van der Waals surface area contributed by atoms with Gasteiger partial charge in [-0.15, -0.1) is 11.3 Å². The van der Waals surface area contributed by atoms with Crippen molar-refractivity contribution in [3.63, 3.8) is 0 Å². The summed E-state index contributed by atoms with van der Waals surface area (Å²) in [6.07, 6.45) is 1.84. The van der Waals surface area contributed by atoms with Gasteiger partial charge < -0.3 is 5.32 Å². The summed E-state index contributed by atoms with van der Waals surface area (Å²) >= 11 is 1.83. The maximum atomic E-state index is 4.25. The highest BCUT2D eigenvalue weighted by atomic mass is 32.1. The Labute approximate surface area is 110 Å². The van der Waals surface area contributed by atoms with Gasteiger partial charge in [0.1, 0.15) is 0 Å². The summed E-state index contributed by atoms with van der Waals surface area (Å²) in [5.41, 5.74) is 1.18. The lowest BCUT2D eigenvalue weighted by atomic mass is 10.1. The summed E-state index contributed by atoms with van der Waals surface area (Å²) in [5.74, 6) is 0. The van der Waals surface area contributed by atoms with E-state index in [9.17, 15) is 0 Å². The standard InChI is InChI=1S/C14H15N3S/c1-15-14(11-7-8-16-17(11)2)13-9-10-5-3-4-6-12(10)18-13/h3-9,14-15H,1-2H3. The number of nitrogens with zero attached hydrogens (tertiary/aromatic N) is 2. The third-order valence-corrected chi connectivity index (χ3v) is 4.35. The molecule has 0 radical (unpaired) electrons. The molecule has 3 aromatic rings. The fourth-order valence-corrected chi connectivity index (χ4v) is 3.44. The Morgan fingerprint density at radius 1 is 1.28 bits per heavy atom. The van der Waals surface area contributed by atoms with Crippen molar-refractivity contribution in [2.45, 2.75) is 6.04 Å². The summed E-state index contributed by atoms with van der Waals surface area (Å²) in [7, 11) is 3.97. The fraction of sp³-hybridized carbons (Fsp3) is 0.214. The first-order chi connectivity index (χ1) is 8.79. The van der Waals surface area contributed by atoms with E-state index in [1.54, 1.807) is 0 Å². The van der Waals surface area contributed by atoms with Gasteiger partial charge in [-0.25, -0.2) is 0 Å². The van der Waals surface area contributed by atoms with Gasteiger partial charge in [-0.3, -0.25) is 4.68 Å². The fourth-order valence-electron chi connectivity index (χ4n) is 2.25. The number of benzene rings is 1. The van der Waals surface area contributed by atoms with Crippen LogP contribution in [-0.4, -0.2) is 16.8 Å². The van der Waals surface area contributed by atoms with Crippen LogP contribution in [-0.2, 0) is 7.05 Å². The van der Waals surface area contributed by atoms with E-state index in [-0.39, 0.29) is 6.04 Å². The van der Waals surface area contributed by atoms with Gasteiger partial charge in [-0.2, -0.15) is 5.10 Å². The number of fused-ring (bicyclic) bond motifs is 1. The Morgan fingerprint density at radius 2 is 2.11 bits per heavy atom. The predicted molar refractivity (Wildman–Crippen MR) is 75.9 cm³/mol. The third-order valence-electron chi connectivity index (χ3n) is 3.17. The highest BCUT2D eigenvalue weighted by molar-refractivity contribution is 7.19. The van der Waals surface area contributed by atoms with Gasteiger partial charge in [-0.1, -0.05) is 18.2 Å². The van der Waals surface area contributed by atoms with E-state index >= 15 is 0 Å². The van der Waals surface area contributed by atoms with Crippen LogP contribution in [0.1, 0.15) is 16.6 Å². The molecule has 1 unspecified atom stereocenters. The lowest BCUT2D eigenvalue weighted by Gasteiger charge is -2.14. The predicted octanol–water partition coefficient (Wildman–Crippen LogP) is 2.94. The van der Waals surface area contributed by atoms with E-state index in [1.807, 2.05) is 36.3 Å². The molecule has 0 aliphatic heterocycles. The Kier molecular flexibility index (Phi) is 2.89. The summed E-state index contributed by atoms with van der Waals surface area (Å²) in [4.78, 5) is 1.32.